The van der Waals surface area contributed by atoms with Crippen LogP contribution in [0.15, 0.2) is 36.4 Å². The zero-order valence-corrected chi connectivity index (χ0v) is 9.28. The van der Waals surface area contributed by atoms with E-state index in [0.29, 0.717) is 17.0 Å². The third-order valence-corrected chi connectivity index (χ3v) is 2.60. The van der Waals surface area contributed by atoms with E-state index < -0.39 is 0 Å². The van der Waals surface area contributed by atoms with Crippen molar-refractivity contribution in [2.24, 2.45) is 0 Å². The van der Waals surface area contributed by atoms with Crippen molar-refractivity contribution in [2.75, 3.05) is 12.4 Å². The number of carbonyl (C=O) groups is 2. The van der Waals surface area contributed by atoms with Crippen molar-refractivity contribution in [1.82, 2.24) is 4.90 Å². The number of rotatable bonds is 3. The third-order valence-electron chi connectivity index (χ3n) is 2.42. The van der Waals surface area contributed by atoms with Crippen molar-refractivity contribution in [1.29, 1.82) is 0 Å². The Morgan fingerprint density at radius 2 is 1.62 bits per heavy atom. The van der Waals surface area contributed by atoms with Crippen molar-refractivity contribution in [3.05, 3.63) is 47.5 Å². The second kappa shape index (κ2) is 4.49. The normalized spacial score (nSPS) is 14.9. The molecule has 0 fully saturated rings. The first-order valence-corrected chi connectivity index (χ1v) is 5.45. The fraction of sp³-hybridized carbons (Fsp3) is 0.167. The number of amides is 2. The van der Waals surface area contributed by atoms with Crippen LogP contribution in [0.5, 0.6) is 0 Å². The first kappa shape index (κ1) is 10.9. The van der Waals surface area contributed by atoms with Gasteiger partial charge in [0.1, 0.15) is 0 Å². The molecule has 0 bridgehead atoms. The Balaban J connectivity index is 2.25. The van der Waals surface area contributed by atoms with Crippen LogP contribution in [0.2, 0.25) is 0 Å². The highest BCUT2D eigenvalue weighted by Crippen LogP contribution is 2.21. The number of hydrogen-bond donors (Lipinski definition) is 0. The summed E-state index contributed by atoms with van der Waals surface area (Å²) in [4.78, 5) is 24.9. The van der Waals surface area contributed by atoms with Crippen molar-refractivity contribution < 1.29 is 9.59 Å². The van der Waals surface area contributed by atoms with Crippen LogP contribution in [-0.4, -0.2) is 29.1 Å². The summed E-state index contributed by atoms with van der Waals surface area (Å²) in [5.74, 6) is -0.0944. The Bertz CT molecular complexity index is 433. The molecule has 0 unspecified atom stereocenters. The van der Waals surface area contributed by atoms with E-state index in [0.717, 1.165) is 0 Å². The lowest BCUT2D eigenvalue weighted by Gasteiger charge is -2.09. The highest BCUT2D eigenvalue weighted by Gasteiger charge is 2.33. The van der Waals surface area contributed by atoms with Gasteiger partial charge in [-0.25, -0.2) is 0 Å². The molecule has 3 nitrogen and oxygen atoms in total. The van der Waals surface area contributed by atoms with Gasteiger partial charge in [0.05, 0.1) is 11.1 Å². The van der Waals surface area contributed by atoms with Gasteiger partial charge in [0.2, 0.25) is 0 Å². The van der Waals surface area contributed by atoms with E-state index in [-0.39, 0.29) is 18.4 Å². The molecule has 16 heavy (non-hydrogen) atoms. The summed E-state index contributed by atoms with van der Waals surface area (Å²) in [6.07, 6.45) is 3.43. The summed E-state index contributed by atoms with van der Waals surface area (Å²) >= 11 is 5.47. The SMILES string of the molecule is O=C1c2ccccc2C(=O)N1C/C=C/CCl. The molecule has 2 amide bonds. The van der Waals surface area contributed by atoms with E-state index in [1.165, 1.54) is 4.90 Å². The van der Waals surface area contributed by atoms with Gasteiger partial charge in [-0.1, -0.05) is 24.3 Å². The van der Waals surface area contributed by atoms with Gasteiger partial charge in [0.25, 0.3) is 11.8 Å². The molecule has 0 saturated heterocycles. The van der Waals surface area contributed by atoms with Crippen LogP contribution < -0.4 is 0 Å². The highest BCUT2D eigenvalue weighted by atomic mass is 35.5. The number of alkyl halides is 1. The molecule has 4 heteroatoms. The molecule has 0 spiro atoms. The molecule has 0 saturated carbocycles. The molecular formula is C12H10ClNO2. The van der Waals surface area contributed by atoms with Gasteiger partial charge in [0.15, 0.2) is 0 Å². The first-order chi connectivity index (χ1) is 7.75. The monoisotopic (exact) mass is 235 g/mol. The molecule has 1 aliphatic heterocycles. The topological polar surface area (TPSA) is 37.4 Å². The Morgan fingerprint density at radius 1 is 1.06 bits per heavy atom. The van der Waals surface area contributed by atoms with Crippen molar-refractivity contribution in [3.8, 4) is 0 Å². The standard InChI is InChI=1S/C12H10ClNO2/c13-7-3-4-8-14-11(15)9-5-1-2-6-10(9)12(14)16/h1-6H,7-8H2/b4-3+. The summed E-state index contributed by atoms with van der Waals surface area (Å²) in [5.41, 5.74) is 0.957. The zero-order chi connectivity index (χ0) is 11.5. The molecule has 0 N–H and O–H groups in total. The largest absolute Gasteiger partial charge is 0.270 e. The Labute approximate surface area is 98.3 Å². The molecule has 0 atom stereocenters. The van der Waals surface area contributed by atoms with E-state index in [1.807, 2.05) is 0 Å². The molecular weight excluding hydrogens is 226 g/mol. The van der Waals surface area contributed by atoms with E-state index >= 15 is 0 Å². The number of carbonyl (C=O) groups excluding carboxylic acids is 2. The number of nitrogens with zero attached hydrogens (tertiary/aromatic N) is 1. The lowest BCUT2D eigenvalue weighted by atomic mass is 10.1. The van der Waals surface area contributed by atoms with Crippen LogP contribution >= 0.6 is 11.6 Å². The molecule has 1 aromatic carbocycles. The average Bonchev–Trinajstić information content (AvgIpc) is 2.55. The number of allylic oxidation sites excluding steroid dienone is 1. The summed E-state index contributed by atoms with van der Waals surface area (Å²) in [6.45, 7) is 0.277. The van der Waals surface area contributed by atoms with Crippen molar-refractivity contribution >= 4 is 23.4 Å². The quantitative estimate of drug-likeness (QED) is 0.457. The van der Waals surface area contributed by atoms with E-state index in [2.05, 4.69) is 0 Å². The summed E-state index contributed by atoms with van der Waals surface area (Å²) in [6, 6.07) is 6.84. The van der Waals surface area contributed by atoms with Gasteiger partial charge in [-0.3, -0.25) is 14.5 Å². The fourth-order valence-electron chi connectivity index (χ4n) is 1.65. The molecule has 1 aromatic rings. The Kier molecular flexibility index (Phi) is 3.06. The first-order valence-electron chi connectivity index (χ1n) is 4.92. The zero-order valence-electron chi connectivity index (χ0n) is 8.52. The summed E-state index contributed by atoms with van der Waals surface area (Å²) in [7, 11) is 0. The molecule has 0 aromatic heterocycles. The minimum Gasteiger partial charge on any atom is -0.270 e. The smallest absolute Gasteiger partial charge is 0.261 e. The van der Waals surface area contributed by atoms with Gasteiger partial charge in [-0.15, -0.1) is 11.6 Å². The Hall–Kier alpha value is -1.61. The van der Waals surface area contributed by atoms with Gasteiger partial charge in [-0.05, 0) is 12.1 Å². The number of imide groups is 1. The maximum atomic E-state index is 11.8. The third kappa shape index (κ3) is 1.74. The molecule has 0 aliphatic carbocycles. The van der Waals surface area contributed by atoms with Crippen LogP contribution in [0.4, 0.5) is 0 Å². The predicted molar refractivity (Wildman–Crippen MR) is 61.7 cm³/mol. The van der Waals surface area contributed by atoms with Gasteiger partial charge >= 0.3 is 0 Å². The van der Waals surface area contributed by atoms with E-state index in [1.54, 1.807) is 36.4 Å². The number of halogens is 1. The second-order valence-corrected chi connectivity index (χ2v) is 3.70. The van der Waals surface area contributed by atoms with Crippen LogP contribution in [0, 0.1) is 0 Å². The predicted octanol–water partition coefficient (Wildman–Crippen LogP) is 2.08. The molecule has 1 aliphatic rings. The molecule has 1 heterocycles. The van der Waals surface area contributed by atoms with Crippen LogP contribution in [-0.2, 0) is 0 Å². The maximum absolute atomic E-state index is 11.8. The number of hydrogen-bond acceptors (Lipinski definition) is 2. The summed E-state index contributed by atoms with van der Waals surface area (Å²) < 4.78 is 0. The fourth-order valence-corrected chi connectivity index (χ4v) is 1.77. The van der Waals surface area contributed by atoms with Crippen LogP contribution in [0.1, 0.15) is 20.7 Å². The Morgan fingerprint density at radius 3 is 2.12 bits per heavy atom. The summed E-state index contributed by atoms with van der Waals surface area (Å²) in [5, 5.41) is 0. The number of fused-ring (bicyclic) bond motifs is 1. The molecule has 0 radical (unpaired) electrons. The number of benzene rings is 1. The van der Waals surface area contributed by atoms with E-state index in [4.69, 9.17) is 11.6 Å². The van der Waals surface area contributed by atoms with Crippen LogP contribution in [0.3, 0.4) is 0 Å². The van der Waals surface area contributed by atoms with Gasteiger partial charge in [0, 0.05) is 12.4 Å². The van der Waals surface area contributed by atoms with Crippen molar-refractivity contribution in [3.63, 3.8) is 0 Å². The van der Waals surface area contributed by atoms with Gasteiger partial charge in [-0.2, -0.15) is 0 Å². The highest BCUT2D eigenvalue weighted by molar-refractivity contribution is 6.21. The molecule has 2 rings (SSSR count). The lowest BCUT2D eigenvalue weighted by molar-refractivity contribution is 0.0672. The van der Waals surface area contributed by atoms with Crippen molar-refractivity contribution in [2.45, 2.75) is 0 Å². The molecule has 82 valence electrons. The second-order valence-electron chi connectivity index (χ2n) is 3.39. The average molecular weight is 236 g/mol. The van der Waals surface area contributed by atoms with Gasteiger partial charge < -0.3 is 0 Å². The minimum atomic E-state index is -0.236. The minimum absolute atomic E-state index is 0.236. The lowest BCUT2D eigenvalue weighted by Crippen LogP contribution is -2.29. The maximum Gasteiger partial charge on any atom is 0.261 e. The van der Waals surface area contributed by atoms with E-state index in [9.17, 15) is 9.59 Å². The van der Waals surface area contributed by atoms with Crippen LogP contribution in [0.25, 0.3) is 0 Å².